The minimum absolute atomic E-state index is 0.000000000000000222. The molecule has 50 heavy (non-hydrogen) atoms. The Balaban J connectivity index is 0.000000314. The average molecular weight is 720 g/mol. The first-order valence-corrected chi connectivity index (χ1v) is 19.5. The minimum atomic E-state index is -0.317. The molecule has 300 valence electrons. The van der Waals surface area contributed by atoms with Crippen LogP contribution in [0.5, 0.6) is 0 Å². The lowest BCUT2D eigenvalue weighted by atomic mass is 10.1. The highest BCUT2D eigenvalue weighted by atomic mass is 16.5. The highest BCUT2D eigenvalue weighted by Crippen LogP contribution is 2.15. The standard InChI is InChI=1S/C9H19NO.C8H17NO2.C8H17NO.C7H15NO2.C6H13NO/c1-8(2)11-9-4-6-10(3)7-5-9;1-6(2)11-8-5-9(3)4-7(8)10;1-7(2)10-8-4-5-9(3)6-8;1-5(2)10-7-4-8-3-6(7)9;1-5(2)8-6-3-7-4-6/h8-9H,4-7H2,1-3H3;6-8,10H,4-5H2,1-3H3;7-8H,4-6H2,1-3H3;5-9H,3-4H2,1-2H3;5-7H,3-4H2,1-2H3. The summed E-state index contributed by atoms with van der Waals surface area (Å²) < 4.78 is 27.7. The zero-order chi connectivity index (χ0) is 37.8. The second-order valence-corrected chi connectivity index (χ2v) is 16.0. The van der Waals surface area contributed by atoms with Crippen LogP contribution in [0.15, 0.2) is 0 Å². The Hall–Kier alpha value is -0.480. The molecule has 0 bridgehead atoms. The van der Waals surface area contributed by atoms with Gasteiger partial charge in [-0.05, 0) is 110 Å². The first-order chi connectivity index (χ1) is 23.4. The maximum Gasteiger partial charge on any atom is 0.0976 e. The summed E-state index contributed by atoms with van der Waals surface area (Å²) in [6, 6.07) is 0. The van der Waals surface area contributed by atoms with Gasteiger partial charge in [-0.2, -0.15) is 0 Å². The van der Waals surface area contributed by atoms with Crippen LogP contribution in [0.25, 0.3) is 0 Å². The van der Waals surface area contributed by atoms with Crippen molar-refractivity contribution in [2.75, 3.05) is 86.6 Å². The number of ether oxygens (including phenoxy) is 5. The lowest BCUT2D eigenvalue weighted by Crippen LogP contribution is -2.49. The molecule has 12 heteroatoms. The summed E-state index contributed by atoms with van der Waals surface area (Å²) in [5.74, 6) is 0. The summed E-state index contributed by atoms with van der Waals surface area (Å²) in [6.45, 7) is 30.3. The summed E-state index contributed by atoms with van der Waals surface area (Å²) in [4.78, 5) is 6.75. The fourth-order valence-corrected chi connectivity index (χ4v) is 6.19. The van der Waals surface area contributed by atoms with E-state index in [1.54, 1.807) is 0 Å². The van der Waals surface area contributed by atoms with E-state index < -0.39 is 0 Å². The van der Waals surface area contributed by atoms with Crippen molar-refractivity contribution < 1.29 is 33.9 Å². The van der Waals surface area contributed by atoms with Crippen molar-refractivity contribution in [3.63, 3.8) is 0 Å². The van der Waals surface area contributed by atoms with Gasteiger partial charge in [0.25, 0.3) is 0 Å². The van der Waals surface area contributed by atoms with E-state index in [0.29, 0.717) is 43.2 Å². The molecule has 0 aromatic rings. The molecule has 0 saturated carbocycles. The van der Waals surface area contributed by atoms with Crippen LogP contribution in [-0.4, -0.2) is 185 Å². The Morgan fingerprint density at radius 1 is 0.440 bits per heavy atom. The van der Waals surface area contributed by atoms with E-state index in [4.69, 9.17) is 23.7 Å². The Kier molecular flexibility index (Phi) is 25.0. The van der Waals surface area contributed by atoms with Crippen LogP contribution >= 0.6 is 0 Å². The van der Waals surface area contributed by atoms with Gasteiger partial charge < -0.3 is 59.2 Å². The zero-order valence-electron chi connectivity index (χ0n) is 34.4. The molecule has 0 aliphatic carbocycles. The van der Waals surface area contributed by atoms with E-state index in [0.717, 1.165) is 39.3 Å². The summed E-state index contributed by atoms with van der Waals surface area (Å²) in [6.07, 6.45) is 6.09. The summed E-state index contributed by atoms with van der Waals surface area (Å²) in [5.41, 5.74) is 0. The number of piperidine rings is 1. The summed E-state index contributed by atoms with van der Waals surface area (Å²) >= 11 is 0. The number of hydrogen-bond acceptors (Lipinski definition) is 12. The van der Waals surface area contributed by atoms with Gasteiger partial charge in [0.1, 0.15) is 0 Å². The number of nitrogens with zero attached hydrogens (tertiary/aromatic N) is 3. The summed E-state index contributed by atoms with van der Waals surface area (Å²) in [5, 5.41) is 24.9. The third kappa shape index (κ3) is 23.2. The van der Waals surface area contributed by atoms with Gasteiger partial charge >= 0.3 is 0 Å². The van der Waals surface area contributed by atoms with Gasteiger partial charge in [-0.1, -0.05) is 0 Å². The second-order valence-electron chi connectivity index (χ2n) is 16.0. The van der Waals surface area contributed by atoms with E-state index >= 15 is 0 Å². The molecule has 0 spiro atoms. The molecule has 5 aliphatic heterocycles. The molecule has 0 aromatic carbocycles. The van der Waals surface area contributed by atoms with Crippen molar-refractivity contribution in [3.8, 4) is 0 Å². The van der Waals surface area contributed by atoms with E-state index in [9.17, 15) is 10.2 Å². The molecular weight excluding hydrogens is 638 g/mol. The molecule has 0 aromatic heterocycles. The lowest BCUT2D eigenvalue weighted by molar-refractivity contribution is -0.0394. The number of aliphatic hydroxyl groups excluding tert-OH is 2. The van der Waals surface area contributed by atoms with Crippen molar-refractivity contribution in [1.29, 1.82) is 0 Å². The topological polar surface area (TPSA) is 120 Å². The molecule has 5 unspecified atom stereocenters. The third-order valence-corrected chi connectivity index (χ3v) is 8.59. The molecule has 5 saturated heterocycles. The molecule has 5 aliphatic rings. The maximum atomic E-state index is 9.44. The minimum Gasteiger partial charge on any atom is -0.389 e. The fourth-order valence-electron chi connectivity index (χ4n) is 6.19. The number of rotatable bonds is 10. The van der Waals surface area contributed by atoms with Crippen molar-refractivity contribution >= 4 is 0 Å². The van der Waals surface area contributed by atoms with E-state index in [-0.39, 0.29) is 36.6 Å². The van der Waals surface area contributed by atoms with Gasteiger partial charge in [0.15, 0.2) is 0 Å². The van der Waals surface area contributed by atoms with E-state index in [2.05, 4.69) is 81.0 Å². The van der Waals surface area contributed by atoms with Crippen molar-refractivity contribution in [1.82, 2.24) is 25.3 Å². The Bertz CT molecular complexity index is 812. The van der Waals surface area contributed by atoms with Crippen molar-refractivity contribution in [2.45, 2.75) is 162 Å². The normalized spacial score (nSPS) is 28.2. The van der Waals surface area contributed by atoms with E-state index in [1.165, 1.54) is 38.9 Å². The molecule has 12 nitrogen and oxygen atoms in total. The van der Waals surface area contributed by atoms with Crippen LogP contribution in [0.1, 0.15) is 88.5 Å². The van der Waals surface area contributed by atoms with Crippen LogP contribution in [0.2, 0.25) is 0 Å². The largest absolute Gasteiger partial charge is 0.389 e. The smallest absolute Gasteiger partial charge is 0.0976 e. The predicted molar refractivity (Wildman–Crippen MR) is 204 cm³/mol. The number of likely N-dealkylation sites (N-methyl/N-ethyl adjacent to an activating group) is 2. The number of hydrogen-bond donors (Lipinski definition) is 4. The van der Waals surface area contributed by atoms with Crippen LogP contribution < -0.4 is 10.6 Å². The van der Waals surface area contributed by atoms with Gasteiger partial charge in [-0.25, -0.2) is 0 Å². The highest BCUT2D eigenvalue weighted by Gasteiger charge is 2.30. The number of aliphatic hydroxyl groups is 2. The van der Waals surface area contributed by atoms with Gasteiger partial charge in [0, 0.05) is 65.4 Å². The summed E-state index contributed by atoms with van der Waals surface area (Å²) in [7, 11) is 6.31. The van der Waals surface area contributed by atoms with Gasteiger partial charge in [-0.15, -0.1) is 0 Å². The molecule has 0 radical (unpaired) electrons. The SMILES string of the molecule is CC(C)OC1CCN(C)C1.CC(C)OC1CCN(C)CC1.CC(C)OC1CN(C)CC1O.CC(C)OC1CNC1.CC(C)OC1CNCC1O. The number of nitrogens with one attached hydrogen (secondary N) is 2. The zero-order valence-corrected chi connectivity index (χ0v) is 34.4. The highest BCUT2D eigenvalue weighted by molar-refractivity contribution is 4.83. The Labute approximate surface area is 307 Å². The molecular formula is C38H81N5O7. The second kappa shape index (κ2) is 26.3. The third-order valence-electron chi connectivity index (χ3n) is 8.59. The van der Waals surface area contributed by atoms with E-state index in [1.807, 2.05) is 34.7 Å². The number of likely N-dealkylation sites (tertiary alicyclic amines) is 3. The Morgan fingerprint density at radius 3 is 1.24 bits per heavy atom. The quantitative estimate of drug-likeness (QED) is 0.266. The van der Waals surface area contributed by atoms with Gasteiger partial charge in [-0.3, -0.25) is 0 Å². The molecule has 0 amide bonds. The first-order valence-electron chi connectivity index (χ1n) is 19.5. The predicted octanol–water partition coefficient (Wildman–Crippen LogP) is 2.83. The first kappa shape index (κ1) is 47.5. The van der Waals surface area contributed by atoms with Crippen LogP contribution in [0.4, 0.5) is 0 Å². The molecule has 5 fully saturated rings. The van der Waals surface area contributed by atoms with Crippen molar-refractivity contribution in [2.24, 2.45) is 0 Å². The van der Waals surface area contributed by atoms with Gasteiger partial charge in [0.2, 0.25) is 0 Å². The van der Waals surface area contributed by atoms with Crippen LogP contribution in [-0.2, 0) is 23.7 Å². The monoisotopic (exact) mass is 720 g/mol. The molecule has 5 rings (SSSR count). The molecule has 5 atom stereocenters. The molecule has 5 heterocycles. The van der Waals surface area contributed by atoms with Crippen LogP contribution in [0, 0.1) is 0 Å². The fraction of sp³-hybridized carbons (Fsp3) is 1.00. The van der Waals surface area contributed by atoms with Crippen molar-refractivity contribution in [3.05, 3.63) is 0 Å². The average Bonchev–Trinajstić information content (AvgIpc) is 3.67. The maximum absolute atomic E-state index is 9.44. The molecule has 4 N–H and O–H groups in total. The number of β-amino-alcohol motifs (C(OH)–C–C–N with tert-alkyl or cyclic N) is 2. The van der Waals surface area contributed by atoms with Crippen LogP contribution in [0.3, 0.4) is 0 Å². The lowest BCUT2D eigenvalue weighted by Gasteiger charge is -2.30. The van der Waals surface area contributed by atoms with Gasteiger partial charge in [0.05, 0.1) is 73.2 Å². The Morgan fingerprint density at radius 2 is 0.880 bits per heavy atom.